The third-order valence-electron chi connectivity index (χ3n) is 4.01. The van der Waals surface area contributed by atoms with Gasteiger partial charge in [0.25, 0.3) is 5.56 Å². The highest BCUT2D eigenvalue weighted by atomic mass is 16.2. The van der Waals surface area contributed by atoms with Crippen LogP contribution in [0.15, 0.2) is 53.5 Å². The average molecular weight is 349 g/mol. The van der Waals surface area contributed by atoms with E-state index in [2.05, 4.69) is 25.8 Å². The zero-order valence-corrected chi connectivity index (χ0v) is 13.7. The lowest BCUT2D eigenvalue weighted by Crippen LogP contribution is -2.29. The third-order valence-corrected chi connectivity index (χ3v) is 4.01. The van der Waals surface area contributed by atoms with E-state index in [1.807, 2.05) is 24.4 Å². The second kappa shape index (κ2) is 6.71. The van der Waals surface area contributed by atoms with E-state index in [9.17, 15) is 9.59 Å². The summed E-state index contributed by atoms with van der Waals surface area (Å²) in [7, 11) is 0. The fourth-order valence-electron chi connectivity index (χ4n) is 2.65. The van der Waals surface area contributed by atoms with Gasteiger partial charge in [-0.1, -0.05) is 23.4 Å². The number of amides is 1. The van der Waals surface area contributed by atoms with Crippen molar-refractivity contribution >= 4 is 22.5 Å². The predicted molar refractivity (Wildman–Crippen MR) is 93.2 cm³/mol. The van der Waals surface area contributed by atoms with E-state index in [0.717, 1.165) is 5.65 Å². The van der Waals surface area contributed by atoms with Crippen molar-refractivity contribution in [3.63, 3.8) is 0 Å². The first-order chi connectivity index (χ1) is 12.7. The normalized spacial score (nSPS) is 11.1. The molecule has 0 aliphatic carbocycles. The molecular formula is C17H15N7O2. The summed E-state index contributed by atoms with van der Waals surface area (Å²) in [5.41, 5.74) is 0.999. The highest BCUT2D eigenvalue weighted by molar-refractivity contribution is 5.77. The number of benzene rings is 1. The molecule has 130 valence electrons. The van der Waals surface area contributed by atoms with Crippen LogP contribution in [0.5, 0.6) is 0 Å². The lowest BCUT2D eigenvalue weighted by atomic mass is 10.2. The van der Waals surface area contributed by atoms with E-state index in [0.29, 0.717) is 16.7 Å². The first-order valence-corrected chi connectivity index (χ1v) is 8.10. The SMILES string of the molecule is O=C(CCn1nnc2ccccc2c1=O)NCc1nnc2ccccn12. The molecule has 1 amide bonds. The quantitative estimate of drug-likeness (QED) is 0.563. The molecule has 9 heteroatoms. The van der Waals surface area contributed by atoms with Crippen molar-refractivity contribution < 1.29 is 4.79 Å². The van der Waals surface area contributed by atoms with Gasteiger partial charge in [-0.05, 0) is 24.3 Å². The third kappa shape index (κ3) is 3.02. The molecule has 1 aromatic carbocycles. The fraction of sp³-hybridized carbons (Fsp3) is 0.176. The van der Waals surface area contributed by atoms with Crippen molar-refractivity contribution in [1.29, 1.82) is 0 Å². The van der Waals surface area contributed by atoms with Crippen LogP contribution in [0.4, 0.5) is 0 Å². The topological polar surface area (TPSA) is 107 Å². The molecule has 4 rings (SSSR count). The molecule has 0 radical (unpaired) electrons. The first kappa shape index (κ1) is 15.9. The maximum atomic E-state index is 12.3. The standard InChI is InChI=1S/C17H15N7O2/c25-16(18-11-15-21-20-14-7-3-4-9-23(14)15)8-10-24-17(26)12-5-1-2-6-13(12)19-22-24/h1-7,9H,8,10-11H2,(H,18,25). The Morgan fingerprint density at radius 2 is 1.88 bits per heavy atom. The second-order valence-electron chi connectivity index (χ2n) is 5.71. The Bertz CT molecular complexity index is 1150. The Kier molecular flexibility index (Phi) is 4.10. The Labute approximate surface area is 147 Å². The van der Waals surface area contributed by atoms with E-state index in [1.165, 1.54) is 4.68 Å². The smallest absolute Gasteiger partial charge is 0.277 e. The van der Waals surface area contributed by atoms with Crippen molar-refractivity contribution in [1.82, 2.24) is 34.9 Å². The van der Waals surface area contributed by atoms with Gasteiger partial charge in [-0.15, -0.1) is 15.3 Å². The van der Waals surface area contributed by atoms with Crippen LogP contribution >= 0.6 is 0 Å². The molecule has 0 aliphatic rings. The van der Waals surface area contributed by atoms with Crippen LogP contribution in [-0.2, 0) is 17.9 Å². The number of hydrogen-bond donors (Lipinski definition) is 1. The number of pyridine rings is 1. The highest BCUT2D eigenvalue weighted by Gasteiger charge is 2.09. The number of nitrogens with one attached hydrogen (secondary N) is 1. The average Bonchev–Trinajstić information content (AvgIpc) is 3.09. The zero-order valence-electron chi connectivity index (χ0n) is 13.7. The van der Waals surface area contributed by atoms with Gasteiger partial charge in [-0.25, -0.2) is 4.68 Å². The van der Waals surface area contributed by atoms with Crippen LogP contribution in [0, 0.1) is 0 Å². The van der Waals surface area contributed by atoms with E-state index in [4.69, 9.17) is 0 Å². The molecule has 3 aromatic heterocycles. The van der Waals surface area contributed by atoms with Gasteiger partial charge in [0.15, 0.2) is 11.5 Å². The van der Waals surface area contributed by atoms with Gasteiger partial charge in [-0.3, -0.25) is 14.0 Å². The van der Waals surface area contributed by atoms with Crippen molar-refractivity contribution in [2.45, 2.75) is 19.5 Å². The molecule has 0 fully saturated rings. The van der Waals surface area contributed by atoms with Crippen LogP contribution in [0.2, 0.25) is 0 Å². The summed E-state index contributed by atoms with van der Waals surface area (Å²) < 4.78 is 3.01. The molecule has 0 saturated carbocycles. The summed E-state index contributed by atoms with van der Waals surface area (Å²) in [6.45, 7) is 0.408. The van der Waals surface area contributed by atoms with Crippen LogP contribution in [-0.4, -0.2) is 35.5 Å². The van der Waals surface area contributed by atoms with E-state index < -0.39 is 0 Å². The van der Waals surface area contributed by atoms with Gasteiger partial charge in [0, 0.05) is 12.6 Å². The molecular weight excluding hydrogens is 334 g/mol. The number of rotatable bonds is 5. The van der Waals surface area contributed by atoms with Gasteiger partial charge < -0.3 is 5.32 Å². The molecule has 26 heavy (non-hydrogen) atoms. The van der Waals surface area contributed by atoms with Crippen molar-refractivity contribution in [2.24, 2.45) is 0 Å². The summed E-state index contributed by atoms with van der Waals surface area (Å²) >= 11 is 0. The fourth-order valence-corrected chi connectivity index (χ4v) is 2.65. The van der Waals surface area contributed by atoms with E-state index in [1.54, 1.807) is 28.7 Å². The summed E-state index contributed by atoms with van der Waals surface area (Å²) in [4.78, 5) is 24.4. The Morgan fingerprint density at radius 3 is 2.81 bits per heavy atom. The summed E-state index contributed by atoms with van der Waals surface area (Å²) in [5, 5.41) is 19.2. The number of nitrogens with zero attached hydrogens (tertiary/aromatic N) is 6. The molecule has 0 aliphatic heterocycles. The summed E-state index contributed by atoms with van der Waals surface area (Å²) in [6.07, 6.45) is 1.95. The summed E-state index contributed by atoms with van der Waals surface area (Å²) in [5.74, 6) is 0.427. The van der Waals surface area contributed by atoms with Gasteiger partial charge in [-0.2, -0.15) is 0 Å². The molecule has 0 saturated heterocycles. The molecule has 3 heterocycles. The molecule has 0 bridgehead atoms. The summed E-state index contributed by atoms with van der Waals surface area (Å²) in [6, 6.07) is 12.6. The first-order valence-electron chi connectivity index (χ1n) is 8.10. The van der Waals surface area contributed by atoms with Crippen LogP contribution < -0.4 is 10.9 Å². The molecule has 4 aromatic rings. The minimum absolute atomic E-state index is 0.115. The molecule has 0 spiro atoms. The highest BCUT2D eigenvalue weighted by Crippen LogP contribution is 2.04. The number of aryl methyl sites for hydroxylation is 1. The second-order valence-corrected chi connectivity index (χ2v) is 5.71. The Hall–Kier alpha value is -3.62. The number of carbonyl (C=O) groups excluding carboxylic acids is 1. The monoisotopic (exact) mass is 349 g/mol. The predicted octanol–water partition coefficient (Wildman–Crippen LogP) is 0.541. The van der Waals surface area contributed by atoms with Crippen LogP contribution in [0.1, 0.15) is 12.2 Å². The van der Waals surface area contributed by atoms with E-state index >= 15 is 0 Å². The Balaban J connectivity index is 1.40. The minimum atomic E-state index is -0.258. The van der Waals surface area contributed by atoms with Gasteiger partial charge in [0.2, 0.25) is 5.91 Å². The maximum Gasteiger partial charge on any atom is 0.277 e. The molecule has 9 nitrogen and oxygen atoms in total. The van der Waals surface area contributed by atoms with Crippen molar-refractivity contribution in [3.05, 3.63) is 64.8 Å². The molecule has 0 unspecified atom stereocenters. The number of fused-ring (bicyclic) bond motifs is 2. The molecule has 1 N–H and O–H groups in total. The lowest BCUT2D eigenvalue weighted by Gasteiger charge is -2.06. The zero-order chi connectivity index (χ0) is 17.9. The van der Waals surface area contributed by atoms with Crippen LogP contribution in [0.3, 0.4) is 0 Å². The van der Waals surface area contributed by atoms with Crippen LogP contribution in [0.25, 0.3) is 16.6 Å². The lowest BCUT2D eigenvalue weighted by molar-refractivity contribution is -0.121. The van der Waals surface area contributed by atoms with Crippen molar-refractivity contribution in [3.8, 4) is 0 Å². The maximum absolute atomic E-state index is 12.3. The molecule has 0 atom stereocenters. The number of aromatic nitrogens is 6. The van der Waals surface area contributed by atoms with Gasteiger partial charge in [0.1, 0.15) is 5.52 Å². The van der Waals surface area contributed by atoms with Crippen molar-refractivity contribution in [2.75, 3.05) is 0 Å². The minimum Gasteiger partial charge on any atom is -0.349 e. The largest absolute Gasteiger partial charge is 0.349 e. The van der Waals surface area contributed by atoms with Gasteiger partial charge in [0.05, 0.1) is 18.5 Å². The van der Waals surface area contributed by atoms with E-state index in [-0.39, 0.29) is 31.0 Å². The number of carbonyl (C=O) groups is 1. The Morgan fingerprint density at radius 1 is 1.04 bits per heavy atom. The number of hydrogen-bond acceptors (Lipinski definition) is 6. The van der Waals surface area contributed by atoms with Gasteiger partial charge >= 0.3 is 0 Å².